The number of carbonyl (C=O) groups is 1. The molecular formula is C16H23FN2O. The van der Waals surface area contributed by atoms with E-state index in [2.05, 4.69) is 11.8 Å². The Hall–Kier alpha value is -1.42. The Bertz CT molecular complexity index is 442. The highest BCUT2D eigenvalue weighted by molar-refractivity contribution is 5.78. The number of benzene rings is 1. The monoisotopic (exact) mass is 278 g/mol. The third-order valence-corrected chi connectivity index (χ3v) is 3.85. The number of hydrogen-bond donors (Lipinski definition) is 0. The molecule has 0 N–H and O–H groups in total. The fourth-order valence-electron chi connectivity index (χ4n) is 2.52. The summed E-state index contributed by atoms with van der Waals surface area (Å²) in [5.74, 6) is -0.257. The van der Waals surface area contributed by atoms with Crippen LogP contribution in [0.4, 0.5) is 4.39 Å². The molecule has 110 valence electrons. The second kappa shape index (κ2) is 7.39. The molecule has 0 aromatic heterocycles. The van der Waals surface area contributed by atoms with E-state index in [1.54, 1.807) is 18.2 Å². The maximum Gasteiger partial charge on any atom is 0.227 e. The van der Waals surface area contributed by atoms with Crippen LogP contribution in [0.2, 0.25) is 0 Å². The normalized spacial score (nSPS) is 16.4. The minimum absolute atomic E-state index is 0.0326. The first kappa shape index (κ1) is 15.0. The van der Waals surface area contributed by atoms with Crippen molar-refractivity contribution in [3.05, 3.63) is 35.6 Å². The zero-order valence-corrected chi connectivity index (χ0v) is 12.1. The maximum absolute atomic E-state index is 13.5. The van der Waals surface area contributed by atoms with Crippen molar-refractivity contribution in [2.24, 2.45) is 0 Å². The molecule has 0 aliphatic carbocycles. The average Bonchev–Trinajstić information content (AvgIpc) is 2.48. The van der Waals surface area contributed by atoms with Crippen molar-refractivity contribution in [3.8, 4) is 0 Å². The van der Waals surface area contributed by atoms with Crippen LogP contribution in [0.5, 0.6) is 0 Å². The van der Waals surface area contributed by atoms with Gasteiger partial charge in [0.25, 0.3) is 0 Å². The molecule has 0 unspecified atom stereocenters. The Kier molecular flexibility index (Phi) is 5.53. The third-order valence-electron chi connectivity index (χ3n) is 3.85. The summed E-state index contributed by atoms with van der Waals surface area (Å²) in [6, 6.07) is 6.51. The maximum atomic E-state index is 13.5. The van der Waals surface area contributed by atoms with E-state index in [-0.39, 0.29) is 18.1 Å². The largest absolute Gasteiger partial charge is 0.340 e. The highest BCUT2D eigenvalue weighted by Gasteiger charge is 2.21. The molecule has 1 saturated heterocycles. The molecule has 4 heteroatoms. The number of amides is 1. The fraction of sp³-hybridized carbons (Fsp3) is 0.562. The zero-order chi connectivity index (χ0) is 14.4. The van der Waals surface area contributed by atoms with Gasteiger partial charge in [-0.15, -0.1) is 0 Å². The first-order valence-corrected chi connectivity index (χ1v) is 7.44. The van der Waals surface area contributed by atoms with E-state index < -0.39 is 0 Å². The molecule has 1 aromatic rings. The molecule has 3 nitrogen and oxygen atoms in total. The Labute approximate surface area is 120 Å². The highest BCUT2D eigenvalue weighted by Crippen LogP contribution is 2.10. The number of unbranched alkanes of at least 4 members (excludes halogenated alkanes) is 1. The van der Waals surface area contributed by atoms with Gasteiger partial charge >= 0.3 is 0 Å². The lowest BCUT2D eigenvalue weighted by molar-refractivity contribution is -0.132. The molecule has 0 atom stereocenters. The molecule has 0 saturated carbocycles. The van der Waals surface area contributed by atoms with Gasteiger partial charge in [0.1, 0.15) is 5.82 Å². The first-order chi connectivity index (χ1) is 9.70. The van der Waals surface area contributed by atoms with E-state index in [9.17, 15) is 9.18 Å². The SMILES string of the molecule is CCCCN1CCN(C(=O)Cc2ccccc2F)CC1. The third kappa shape index (κ3) is 4.04. The van der Waals surface area contributed by atoms with Crippen LogP contribution >= 0.6 is 0 Å². The average molecular weight is 278 g/mol. The predicted octanol–water partition coefficient (Wildman–Crippen LogP) is 2.31. The van der Waals surface area contributed by atoms with Crippen LogP contribution in [-0.2, 0) is 11.2 Å². The minimum atomic E-state index is -0.289. The van der Waals surface area contributed by atoms with Gasteiger partial charge < -0.3 is 4.90 Å². The molecule has 0 radical (unpaired) electrons. The molecule has 1 fully saturated rings. The van der Waals surface area contributed by atoms with Crippen LogP contribution < -0.4 is 0 Å². The first-order valence-electron chi connectivity index (χ1n) is 7.44. The lowest BCUT2D eigenvalue weighted by atomic mass is 10.1. The summed E-state index contributed by atoms with van der Waals surface area (Å²) < 4.78 is 13.5. The molecule has 1 aliphatic heterocycles. The van der Waals surface area contributed by atoms with Crippen molar-refractivity contribution in [1.29, 1.82) is 0 Å². The number of nitrogens with zero attached hydrogens (tertiary/aromatic N) is 2. The molecule has 1 aliphatic rings. The number of halogens is 1. The summed E-state index contributed by atoms with van der Waals surface area (Å²) in [4.78, 5) is 16.4. The number of piperazine rings is 1. The number of rotatable bonds is 5. The topological polar surface area (TPSA) is 23.6 Å². The van der Waals surface area contributed by atoms with Gasteiger partial charge in [-0.25, -0.2) is 4.39 Å². The van der Waals surface area contributed by atoms with Gasteiger partial charge in [0.2, 0.25) is 5.91 Å². The van der Waals surface area contributed by atoms with Crippen molar-refractivity contribution in [3.63, 3.8) is 0 Å². The highest BCUT2D eigenvalue weighted by atomic mass is 19.1. The minimum Gasteiger partial charge on any atom is -0.340 e. The molecule has 1 aromatic carbocycles. The fourth-order valence-corrected chi connectivity index (χ4v) is 2.52. The van der Waals surface area contributed by atoms with Crippen LogP contribution in [0.1, 0.15) is 25.3 Å². The van der Waals surface area contributed by atoms with Gasteiger partial charge in [0.05, 0.1) is 6.42 Å². The van der Waals surface area contributed by atoms with Gasteiger partial charge in [-0.3, -0.25) is 9.69 Å². The summed E-state index contributed by atoms with van der Waals surface area (Å²) in [5, 5.41) is 0. The summed E-state index contributed by atoms with van der Waals surface area (Å²) in [6.45, 7) is 6.69. The van der Waals surface area contributed by atoms with Crippen LogP contribution in [0.15, 0.2) is 24.3 Å². The number of carbonyl (C=O) groups excluding carboxylic acids is 1. The van der Waals surface area contributed by atoms with E-state index in [4.69, 9.17) is 0 Å². The van der Waals surface area contributed by atoms with Crippen molar-refractivity contribution in [2.75, 3.05) is 32.7 Å². The smallest absolute Gasteiger partial charge is 0.227 e. The standard InChI is InChI=1S/C16H23FN2O/c1-2-3-8-18-9-11-19(12-10-18)16(20)13-14-6-4-5-7-15(14)17/h4-7H,2-3,8-13H2,1H3. The summed E-state index contributed by atoms with van der Waals surface area (Å²) >= 11 is 0. The zero-order valence-electron chi connectivity index (χ0n) is 12.1. The van der Waals surface area contributed by atoms with Crippen molar-refractivity contribution < 1.29 is 9.18 Å². The molecule has 20 heavy (non-hydrogen) atoms. The van der Waals surface area contributed by atoms with Crippen LogP contribution in [-0.4, -0.2) is 48.4 Å². The van der Waals surface area contributed by atoms with Gasteiger partial charge in [-0.1, -0.05) is 31.5 Å². The van der Waals surface area contributed by atoms with Crippen molar-refractivity contribution in [1.82, 2.24) is 9.80 Å². The van der Waals surface area contributed by atoms with E-state index in [1.165, 1.54) is 18.9 Å². The molecule has 1 heterocycles. The molecule has 1 amide bonds. The predicted molar refractivity (Wildman–Crippen MR) is 78.0 cm³/mol. The Balaban J connectivity index is 1.82. The molecule has 2 rings (SSSR count). The van der Waals surface area contributed by atoms with E-state index >= 15 is 0 Å². The van der Waals surface area contributed by atoms with Crippen LogP contribution in [0, 0.1) is 5.82 Å². The van der Waals surface area contributed by atoms with Gasteiger partial charge in [0.15, 0.2) is 0 Å². The Morgan fingerprint density at radius 3 is 2.55 bits per heavy atom. The van der Waals surface area contributed by atoms with Gasteiger partial charge in [-0.2, -0.15) is 0 Å². The van der Waals surface area contributed by atoms with Gasteiger partial charge in [0, 0.05) is 26.2 Å². The summed E-state index contributed by atoms with van der Waals surface area (Å²) in [5.41, 5.74) is 0.492. The molecule has 0 spiro atoms. The molecule has 0 bridgehead atoms. The Morgan fingerprint density at radius 1 is 1.20 bits per heavy atom. The van der Waals surface area contributed by atoms with Crippen molar-refractivity contribution >= 4 is 5.91 Å². The summed E-state index contributed by atoms with van der Waals surface area (Å²) in [6.07, 6.45) is 2.58. The Morgan fingerprint density at radius 2 is 1.90 bits per heavy atom. The van der Waals surface area contributed by atoms with E-state index in [0.717, 1.165) is 32.7 Å². The lowest BCUT2D eigenvalue weighted by Crippen LogP contribution is -2.49. The van der Waals surface area contributed by atoms with E-state index in [0.29, 0.717) is 5.56 Å². The second-order valence-corrected chi connectivity index (χ2v) is 5.34. The van der Waals surface area contributed by atoms with Crippen molar-refractivity contribution in [2.45, 2.75) is 26.2 Å². The van der Waals surface area contributed by atoms with Gasteiger partial charge in [-0.05, 0) is 24.6 Å². The second-order valence-electron chi connectivity index (χ2n) is 5.34. The summed E-state index contributed by atoms with van der Waals surface area (Å²) in [7, 11) is 0. The quantitative estimate of drug-likeness (QED) is 0.825. The van der Waals surface area contributed by atoms with Crippen LogP contribution in [0.3, 0.4) is 0 Å². The number of hydrogen-bond acceptors (Lipinski definition) is 2. The molecular weight excluding hydrogens is 255 g/mol. The van der Waals surface area contributed by atoms with Crippen LogP contribution in [0.25, 0.3) is 0 Å². The lowest BCUT2D eigenvalue weighted by Gasteiger charge is -2.34. The van der Waals surface area contributed by atoms with E-state index in [1.807, 2.05) is 4.90 Å².